The van der Waals surface area contributed by atoms with Crippen LogP contribution in [-0.2, 0) is 6.54 Å². The molecular weight excluding hydrogens is 234 g/mol. The van der Waals surface area contributed by atoms with E-state index in [1.165, 1.54) is 13.8 Å². The minimum absolute atomic E-state index is 0.133. The molecule has 1 atom stereocenters. The Morgan fingerprint density at radius 2 is 1.89 bits per heavy atom. The molecule has 1 N–H and O–H groups in total. The highest BCUT2D eigenvalue weighted by Crippen LogP contribution is 2.30. The Morgan fingerprint density at radius 1 is 1.28 bits per heavy atom. The van der Waals surface area contributed by atoms with E-state index in [9.17, 15) is 8.78 Å². The van der Waals surface area contributed by atoms with Gasteiger partial charge >= 0.3 is 0 Å². The fourth-order valence-corrected chi connectivity index (χ4v) is 1.62. The van der Waals surface area contributed by atoms with Crippen molar-refractivity contribution < 1.29 is 8.78 Å². The molecule has 0 heterocycles. The molecule has 0 amide bonds. The van der Waals surface area contributed by atoms with E-state index in [1.807, 2.05) is 36.4 Å². The van der Waals surface area contributed by atoms with Gasteiger partial charge < -0.3 is 0 Å². The molecule has 0 spiro atoms. The van der Waals surface area contributed by atoms with Gasteiger partial charge in [0.1, 0.15) is 0 Å². The zero-order valence-electron chi connectivity index (χ0n) is 10.7. The topological polar surface area (TPSA) is 35.8 Å². The number of hydrogen-bond acceptors (Lipinski definition) is 2. The van der Waals surface area contributed by atoms with Crippen LogP contribution in [0.25, 0.3) is 0 Å². The molecule has 2 nitrogen and oxygen atoms in total. The van der Waals surface area contributed by atoms with Gasteiger partial charge in [-0.2, -0.15) is 5.26 Å². The van der Waals surface area contributed by atoms with Gasteiger partial charge in [0.05, 0.1) is 12.1 Å². The molecule has 0 aliphatic rings. The van der Waals surface area contributed by atoms with E-state index in [4.69, 9.17) is 5.26 Å². The zero-order valence-corrected chi connectivity index (χ0v) is 10.7. The summed E-state index contributed by atoms with van der Waals surface area (Å²) >= 11 is 0. The molecule has 0 fully saturated rings. The van der Waals surface area contributed by atoms with Crippen LogP contribution in [0.15, 0.2) is 30.3 Å². The second-order valence-corrected chi connectivity index (χ2v) is 5.04. The first kappa shape index (κ1) is 14.6. The van der Waals surface area contributed by atoms with Gasteiger partial charge in [-0.3, -0.25) is 5.32 Å². The van der Waals surface area contributed by atoms with Crippen LogP contribution < -0.4 is 5.32 Å². The van der Waals surface area contributed by atoms with Gasteiger partial charge in [-0.1, -0.05) is 44.2 Å². The predicted octanol–water partition coefficient (Wildman–Crippen LogP) is 3.35. The molecule has 1 rings (SSSR count). The monoisotopic (exact) mass is 252 g/mol. The molecule has 1 aromatic carbocycles. The molecule has 1 unspecified atom stereocenters. The summed E-state index contributed by atoms with van der Waals surface area (Å²) in [4.78, 5) is 0. The minimum Gasteiger partial charge on any atom is -0.298 e. The van der Waals surface area contributed by atoms with Crippen LogP contribution in [0.1, 0.15) is 25.8 Å². The number of nitrogens with one attached hydrogen (secondary N) is 1. The normalized spacial score (nSPS) is 13.3. The van der Waals surface area contributed by atoms with Crippen LogP contribution in [0.3, 0.4) is 0 Å². The number of nitrogens with zero attached hydrogens (tertiary/aromatic N) is 1. The molecular formula is C14H18F2N2. The Morgan fingerprint density at radius 3 is 2.39 bits per heavy atom. The average molecular weight is 252 g/mol. The van der Waals surface area contributed by atoms with Crippen molar-refractivity contribution in [1.29, 1.82) is 5.26 Å². The van der Waals surface area contributed by atoms with Crippen LogP contribution in [0, 0.1) is 16.7 Å². The summed E-state index contributed by atoms with van der Waals surface area (Å²) in [6.07, 6.45) is -2.29. The van der Waals surface area contributed by atoms with Crippen LogP contribution >= 0.6 is 0 Å². The molecule has 98 valence electrons. The third-order valence-electron chi connectivity index (χ3n) is 2.87. The van der Waals surface area contributed by atoms with Crippen molar-refractivity contribution in [1.82, 2.24) is 5.32 Å². The molecule has 0 bridgehead atoms. The maximum Gasteiger partial charge on any atom is 0.243 e. The van der Waals surface area contributed by atoms with Gasteiger partial charge in [-0.25, -0.2) is 8.78 Å². The summed E-state index contributed by atoms with van der Waals surface area (Å²) in [5, 5.41) is 12.0. The Bertz CT molecular complexity index is 396. The molecule has 0 aliphatic heterocycles. The maximum absolute atomic E-state index is 12.7. The molecule has 1 aromatic rings. The third-order valence-corrected chi connectivity index (χ3v) is 2.87. The fraction of sp³-hybridized carbons (Fsp3) is 0.500. The molecule has 0 radical (unpaired) electrons. The second-order valence-electron chi connectivity index (χ2n) is 5.04. The molecule has 0 aromatic heterocycles. The Labute approximate surface area is 107 Å². The molecule has 0 saturated heterocycles. The first-order valence-electron chi connectivity index (χ1n) is 5.91. The molecule has 18 heavy (non-hydrogen) atoms. The van der Waals surface area contributed by atoms with Gasteiger partial charge in [-0.15, -0.1) is 0 Å². The van der Waals surface area contributed by atoms with Crippen LogP contribution in [-0.4, -0.2) is 12.5 Å². The number of nitriles is 1. The van der Waals surface area contributed by atoms with Crippen molar-refractivity contribution >= 4 is 0 Å². The Hall–Kier alpha value is -1.47. The summed E-state index contributed by atoms with van der Waals surface area (Å²) in [6, 6.07) is 11.1. The van der Waals surface area contributed by atoms with Gasteiger partial charge in [0.2, 0.25) is 6.43 Å². The number of rotatable bonds is 6. The number of halogens is 2. The zero-order chi connectivity index (χ0) is 13.6. The summed E-state index contributed by atoms with van der Waals surface area (Å²) in [5.74, 6) is 0. The highest BCUT2D eigenvalue weighted by atomic mass is 19.3. The van der Waals surface area contributed by atoms with E-state index < -0.39 is 17.9 Å². The van der Waals surface area contributed by atoms with Crippen molar-refractivity contribution in [2.24, 2.45) is 5.41 Å². The molecule has 4 heteroatoms. The van der Waals surface area contributed by atoms with Gasteiger partial charge in [0.15, 0.2) is 0 Å². The molecule has 0 aliphatic carbocycles. The van der Waals surface area contributed by atoms with E-state index in [-0.39, 0.29) is 6.42 Å². The van der Waals surface area contributed by atoms with Crippen LogP contribution in [0.5, 0.6) is 0 Å². The van der Waals surface area contributed by atoms with Gasteiger partial charge in [0.25, 0.3) is 0 Å². The smallest absolute Gasteiger partial charge is 0.243 e. The highest BCUT2D eigenvalue weighted by Gasteiger charge is 2.32. The summed E-state index contributed by atoms with van der Waals surface area (Å²) in [7, 11) is 0. The van der Waals surface area contributed by atoms with E-state index in [1.54, 1.807) is 0 Å². The van der Waals surface area contributed by atoms with Gasteiger partial charge in [0, 0.05) is 12.0 Å². The lowest BCUT2D eigenvalue weighted by Gasteiger charge is -2.26. The highest BCUT2D eigenvalue weighted by molar-refractivity contribution is 5.14. The lowest BCUT2D eigenvalue weighted by Crippen LogP contribution is -2.35. The Kier molecular flexibility index (Phi) is 5.24. The molecule has 0 saturated carbocycles. The average Bonchev–Trinajstić information content (AvgIpc) is 2.35. The number of alkyl halides is 2. The summed E-state index contributed by atoms with van der Waals surface area (Å²) < 4.78 is 25.5. The minimum atomic E-state index is -2.42. The van der Waals surface area contributed by atoms with E-state index in [0.717, 1.165) is 5.56 Å². The maximum atomic E-state index is 12.7. The van der Waals surface area contributed by atoms with Crippen molar-refractivity contribution in [3.05, 3.63) is 35.9 Å². The van der Waals surface area contributed by atoms with Crippen molar-refractivity contribution in [3.8, 4) is 6.07 Å². The van der Waals surface area contributed by atoms with Crippen molar-refractivity contribution in [3.63, 3.8) is 0 Å². The standard InChI is InChI=1S/C14H18F2N2/c1-14(2,13(15)16)8-12(9-17)18-10-11-6-4-3-5-7-11/h3-7,12-13,18H,8,10H2,1-2H3. The lowest BCUT2D eigenvalue weighted by atomic mass is 9.86. The van der Waals surface area contributed by atoms with E-state index >= 15 is 0 Å². The largest absolute Gasteiger partial charge is 0.298 e. The van der Waals surface area contributed by atoms with Crippen LogP contribution in [0.2, 0.25) is 0 Å². The van der Waals surface area contributed by atoms with Crippen molar-refractivity contribution in [2.45, 2.75) is 39.3 Å². The second kappa shape index (κ2) is 6.46. The van der Waals surface area contributed by atoms with Gasteiger partial charge in [-0.05, 0) is 12.0 Å². The van der Waals surface area contributed by atoms with E-state index in [2.05, 4.69) is 5.32 Å². The number of benzene rings is 1. The quantitative estimate of drug-likeness (QED) is 0.842. The first-order chi connectivity index (χ1) is 8.45. The van der Waals surface area contributed by atoms with Crippen LogP contribution in [0.4, 0.5) is 8.78 Å². The summed E-state index contributed by atoms with van der Waals surface area (Å²) in [6.45, 7) is 3.47. The Balaban J connectivity index is 2.51. The van der Waals surface area contributed by atoms with Crippen molar-refractivity contribution in [2.75, 3.05) is 0 Å². The SMILES string of the molecule is CC(C)(CC(C#N)NCc1ccccc1)C(F)F. The predicted molar refractivity (Wildman–Crippen MR) is 67.1 cm³/mol. The third kappa shape index (κ3) is 4.42. The van der Waals surface area contributed by atoms with E-state index in [0.29, 0.717) is 6.54 Å². The lowest BCUT2D eigenvalue weighted by molar-refractivity contribution is 0.0106. The fourth-order valence-electron chi connectivity index (χ4n) is 1.62. The summed E-state index contributed by atoms with van der Waals surface area (Å²) in [5.41, 5.74) is -0.114. The first-order valence-corrected chi connectivity index (χ1v) is 5.91. The number of hydrogen-bond donors (Lipinski definition) is 1.